The predicted octanol–water partition coefficient (Wildman–Crippen LogP) is 3.67. The lowest BCUT2D eigenvalue weighted by atomic mass is 9.81. The van der Waals surface area contributed by atoms with E-state index < -0.39 is 15.9 Å². The van der Waals surface area contributed by atoms with E-state index in [1.807, 2.05) is 0 Å². The molecule has 1 aliphatic carbocycles. The van der Waals surface area contributed by atoms with Gasteiger partial charge in [-0.1, -0.05) is 30.3 Å². The van der Waals surface area contributed by atoms with Gasteiger partial charge in [0, 0.05) is 17.3 Å². The summed E-state index contributed by atoms with van der Waals surface area (Å²) in [4.78, 5) is 33.7. The van der Waals surface area contributed by atoms with E-state index in [4.69, 9.17) is 0 Å². The zero-order valence-electron chi connectivity index (χ0n) is 15.9. The molecule has 4 rings (SSSR count). The van der Waals surface area contributed by atoms with Gasteiger partial charge in [-0.2, -0.15) is 0 Å². The number of pyridine rings is 1. The van der Waals surface area contributed by atoms with Gasteiger partial charge in [0.25, 0.3) is 10.0 Å². The van der Waals surface area contributed by atoms with Crippen LogP contribution in [0.4, 0.5) is 11.5 Å². The molecule has 0 spiro atoms. The number of aromatic nitrogens is 1. The van der Waals surface area contributed by atoms with E-state index >= 15 is 0 Å². The summed E-state index contributed by atoms with van der Waals surface area (Å²) in [5, 5.41) is 0. The van der Waals surface area contributed by atoms with Gasteiger partial charge in [0.2, 0.25) is 5.78 Å². The van der Waals surface area contributed by atoms with E-state index in [2.05, 4.69) is 14.7 Å². The van der Waals surface area contributed by atoms with Crippen LogP contribution in [0.3, 0.4) is 0 Å². The molecule has 1 atom stereocenters. The summed E-state index contributed by atoms with van der Waals surface area (Å²) < 4.78 is 27.4. The van der Waals surface area contributed by atoms with Crippen molar-refractivity contribution in [2.75, 3.05) is 4.72 Å². The highest BCUT2D eigenvalue weighted by atomic mass is 32.2. The third-order valence-corrected chi connectivity index (χ3v) is 6.14. The Bertz CT molecular complexity index is 1270. The molecule has 150 valence electrons. The molecule has 0 amide bonds. The smallest absolute Gasteiger partial charge is 0.263 e. The van der Waals surface area contributed by atoms with E-state index in [0.717, 1.165) is 0 Å². The number of carbonyl (C=O) groups is 2. The Morgan fingerprint density at radius 3 is 2.23 bits per heavy atom. The van der Waals surface area contributed by atoms with Crippen molar-refractivity contribution in [2.24, 2.45) is 10.9 Å². The number of nitrogens with zero attached hydrogens (tertiary/aromatic N) is 2. The van der Waals surface area contributed by atoms with E-state index in [1.165, 1.54) is 30.5 Å². The largest absolute Gasteiger partial charge is 0.293 e. The molecule has 8 heteroatoms. The fraction of sp³-hybridized carbons (Fsp3) is 0.0909. The Kier molecular flexibility index (Phi) is 5.01. The summed E-state index contributed by atoms with van der Waals surface area (Å²) in [5.74, 6) is -0.934. The van der Waals surface area contributed by atoms with Crippen molar-refractivity contribution in [3.63, 3.8) is 0 Å². The molecule has 0 bridgehead atoms. The summed E-state index contributed by atoms with van der Waals surface area (Å²) >= 11 is 0. The molecule has 1 heterocycles. The van der Waals surface area contributed by atoms with Crippen molar-refractivity contribution in [3.8, 4) is 0 Å². The van der Waals surface area contributed by atoms with Crippen molar-refractivity contribution < 1.29 is 18.0 Å². The van der Waals surface area contributed by atoms with Crippen molar-refractivity contribution in [1.29, 1.82) is 0 Å². The summed E-state index contributed by atoms with van der Waals surface area (Å²) in [7, 11) is -3.82. The molecule has 1 N–H and O–H groups in total. The van der Waals surface area contributed by atoms with Crippen LogP contribution in [0.25, 0.3) is 0 Å². The van der Waals surface area contributed by atoms with Gasteiger partial charge < -0.3 is 0 Å². The van der Waals surface area contributed by atoms with Crippen LogP contribution in [0, 0.1) is 5.92 Å². The molecule has 0 saturated heterocycles. The standard InChI is InChI=1S/C22H17N3O4S/c1-14-20(22(27)18-7-3-2-6-17(18)21(14)26)24-15-9-11-16(12-10-15)30(28,29)25-19-8-4-5-13-23-19/h2-14H,1H3,(H,23,25). The Balaban J connectivity index is 1.63. The molecular weight excluding hydrogens is 402 g/mol. The first-order chi connectivity index (χ1) is 14.4. The fourth-order valence-electron chi connectivity index (χ4n) is 3.19. The van der Waals surface area contributed by atoms with Gasteiger partial charge in [0.05, 0.1) is 22.2 Å². The topological polar surface area (TPSA) is 106 Å². The predicted molar refractivity (Wildman–Crippen MR) is 113 cm³/mol. The summed E-state index contributed by atoms with van der Waals surface area (Å²) in [6.07, 6.45) is 1.48. The van der Waals surface area contributed by atoms with Crippen LogP contribution in [0.2, 0.25) is 0 Å². The van der Waals surface area contributed by atoms with Gasteiger partial charge in [-0.25, -0.2) is 18.4 Å². The second-order valence-electron chi connectivity index (χ2n) is 6.77. The van der Waals surface area contributed by atoms with Crippen LogP contribution in [-0.4, -0.2) is 30.7 Å². The normalized spacial score (nSPS) is 17.6. The zero-order valence-corrected chi connectivity index (χ0v) is 16.8. The molecule has 0 fully saturated rings. The number of nitrogens with one attached hydrogen (secondary N) is 1. The minimum Gasteiger partial charge on any atom is -0.293 e. The highest BCUT2D eigenvalue weighted by molar-refractivity contribution is 7.92. The molecule has 7 nitrogen and oxygen atoms in total. The maximum Gasteiger partial charge on any atom is 0.263 e. The molecule has 2 aromatic carbocycles. The first kappa shape index (κ1) is 19.7. The fourth-order valence-corrected chi connectivity index (χ4v) is 4.20. The molecule has 0 saturated carbocycles. The minimum atomic E-state index is -3.82. The number of carbonyl (C=O) groups excluding carboxylic acids is 2. The van der Waals surface area contributed by atoms with Crippen LogP contribution < -0.4 is 4.72 Å². The Hall–Kier alpha value is -3.65. The number of sulfonamides is 1. The maximum atomic E-state index is 12.8. The minimum absolute atomic E-state index is 0.0292. The van der Waals surface area contributed by atoms with Gasteiger partial charge in [-0.15, -0.1) is 0 Å². The van der Waals surface area contributed by atoms with Gasteiger partial charge in [0.1, 0.15) is 5.82 Å². The highest BCUT2D eigenvalue weighted by Crippen LogP contribution is 2.27. The first-order valence-corrected chi connectivity index (χ1v) is 10.7. The van der Waals surface area contributed by atoms with Crippen molar-refractivity contribution in [1.82, 2.24) is 4.98 Å². The van der Waals surface area contributed by atoms with E-state index in [9.17, 15) is 18.0 Å². The van der Waals surface area contributed by atoms with E-state index in [1.54, 1.807) is 49.4 Å². The quantitative estimate of drug-likeness (QED) is 0.695. The monoisotopic (exact) mass is 419 g/mol. The Labute approximate surface area is 173 Å². The molecule has 1 unspecified atom stereocenters. The highest BCUT2D eigenvalue weighted by Gasteiger charge is 2.35. The number of fused-ring (bicyclic) bond motifs is 1. The number of rotatable bonds is 4. The second kappa shape index (κ2) is 7.64. The average molecular weight is 419 g/mol. The molecule has 3 aromatic rings. The summed E-state index contributed by atoms with van der Waals surface area (Å²) in [6.45, 7) is 1.64. The average Bonchev–Trinajstić information content (AvgIpc) is 2.76. The van der Waals surface area contributed by atoms with Crippen LogP contribution >= 0.6 is 0 Å². The van der Waals surface area contributed by atoms with Crippen molar-refractivity contribution in [3.05, 3.63) is 84.1 Å². The number of aliphatic imine (C=N–C) groups is 1. The maximum absolute atomic E-state index is 12.8. The van der Waals surface area contributed by atoms with Gasteiger partial charge >= 0.3 is 0 Å². The van der Waals surface area contributed by atoms with Crippen LogP contribution in [0.5, 0.6) is 0 Å². The number of ketones is 2. The molecule has 0 aliphatic heterocycles. The van der Waals surface area contributed by atoms with Gasteiger partial charge in [0.15, 0.2) is 5.78 Å². The van der Waals surface area contributed by atoms with Gasteiger partial charge in [-0.05, 0) is 43.3 Å². The summed E-state index contributed by atoms with van der Waals surface area (Å²) in [6, 6.07) is 17.3. The molecule has 1 aliphatic rings. The Morgan fingerprint density at radius 2 is 1.57 bits per heavy atom. The van der Waals surface area contributed by atoms with E-state index in [0.29, 0.717) is 16.8 Å². The number of hydrogen-bond donors (Lipinski definition) is 1. The lowest BCUT2D eigenvalue weighted by Crippen LogP contribution is -2.35. The van der Waals surface area contributed by atoms with Crippen LogP contribution in [0.15, 0.2) is 82.8 Å². The molecule has 30 heavy (non-hydrogen) atoms. The number of benzene rings is 2. The number of Topliss-reactive ketones (excluding diaryl/α,β-unsaturated/α-hetero) is 2. The summed E-state index contributed by atoms with van der Waals surface area (Å²) in [5.41, 5.74) is 1.25. The Morgan fingerprint density at radius 1 is 0.900 bits per heavy atom. The second-order valence-corrected chi connectivity index (χ2v) is 8.45. The van der Waals surface area contributed by atoms with Crippen LogP contribution in [-0.2, 0) is 10.0 Å². The number of hydrogen-bond acceptors (Lipinski definition) is 6. The zero-order chi connectivity index (χ0) is 21.3. The molecular formula is C22H17N3O4S. The molecule has 0 radical (unpaired) electrons. The SMILES string of the molecule is CC1C(=O)c2ccccc2C(=O)C1=Nc1ccc(S(=O)(=O)Nc2ccccn2)cc1. The lowest BCUT2D eigenvalue weighted by Gasteiger charge is -2.21. The molecule has 1 aromatic heterocycles. The van der Waals surface area contributed by atoms with E-state index in [-0.39, 0.29) is 28.0 Å². The first-order valence-electron chi connectivity index (χ1n) is 9.17. The van der Waals surface area contributed by atoms with Gasteiger partial charge in [-0.3, -0.25) is 14.3 Å². The number of anilines is 1. The van der Waals surface area contributed by atoms with Crippen molar-refractivity contribution in [2.45, 2.75) is 11.8 Å². The third kappa shape index (κ3) is 3.65. The third-order valence-electron chi connectivity index (χ3n) is 4.77. The van der Waals surface area contributed by atoms with Crippen molar-refractivity contribution >= 4 is 38.8 Å². The van der Waals surface area contributed by atoms with Crippen LogP contribution in [0.1, 0.15) is 27.6 Å². The lowest BCUT2D eigenvalue weighted by molar-refractivity contribution is 0.0927.